The number of non-ortho nitro benzene ring substituents is 1. The second kappa shape index (κ2) is 6.96. The van der Waals surface area contributed by atoms with E-state index in [4.69, 9.17) is 11.6 Å². The molecular formula is C17H18ClN3O2. The van der Waals surface area contributed by atoms with Crippen molar-refractivity contribution in [3.8, 4) is 0 Å². The summed E-state index contributed by atoms with van der Waals surface area (Å²) < 4.78 is 0. The molecule has 2 heterocycles. The third kappa shape index (κ3) is 3.79. The summed E-state index contributed by atoms with van der Waals surface area (Å²) >= 11 is 6.22. The predicted molar refractivity (Wildman–Crippen MR) is 91.0 cm³/mol. The molecule has 1 aliphatic heterocycles. The van der Waals surface area contributed by atoms with Crippen molar-refractivity contribution in [3.63, 3.8) is 0 Å². The van der Waals surface area contributed by atoms with Crippen LogP contribution in [-0.4, -0.2) is 23.0 Å². The van der Waals surface area contributed by atoms with E-state index in [1.165, 1.54) is 17.7 Å². The van der Waals surface area contributed by atoms with Crippen LogP contribution in [0.3, 0.4) is 0 Å². The first-order valence-corrected chi connectivity index (χ1v) is 8.09. The Hall–Kier alpha value is -2.14. The van der Waals surface area contributed by atoms with Crippen molar-refractivity contribution < 1.29 is 4.92 Å². The Labute approximate surface area is 140 Å². The first-order chi connectivity index (χ1) is 11.1. The third-order valence-electron chi connectivity index (χ3n) is 4.34. The third-order valence-corrected chi connectivity index (χ3v) is 4.65. The molecule has 1 aromatic heterocycles. The molecule has 0 spiro atoms. The average Bonchev–Trinajstić information content (AvgIpc) is 2.56. The maximum Gasteiger partial charge on any atom is 0.271 e. The summed E-state index contributed by atoms with van der Waals surface area (Å²) in [7, 11) is 0. The molecule has 1 saturated heterocycles. The highest BCUT2D eigenvalue weighted by molar-refractivity contribution is 6.33. The van der Waals surface area contributed by atoms with E-state index in [0.29, 0.717) is 10.9 Å². The molecular weight excluding hydrogens is 314 g/mol. The molecule has 5 nitrogen and oxygen atoms in total. The van der Waals surface area contributed by atoms with E-state index in [2.05, 4.69) is 16.0 Å². The summed E-state index contributed by atoms with van der Waals surface area (Å²) in [6.45, 7) is 1.84. The molecule has 3 rings (SSSR count). The Balaban J connectivity index is 1.62. The van der Waals surface area contributed by atoms with Gasteiger partial charge in [0.05, 0.1) is 15.6 Å². The number of anilines is 1. The molecule has 1 aliphatic rings. The van der Waals surface area contributed by atoms with Crippen molar-refractivity contribution in [1.82, 2.24) is 4.98 Å². The first kappa shape index (κ1) is 15.7. The Morgan fingerprint density at radius 1 is 1.30 bits per heavy atom. The summed E-state index contributed by atoms with van der Waals surface area (Å²) in [6, 6.07) is 8.79. The van der Waals surface area contributed by atoms with Gasteiger partial charge in [-0.15, -0.1) is 0 Å². The first-order valence-electron chi connectivity index (χ1n) is 7.71. The summed E-state index contributed by atoms with van der Waals surface area (Å²) in [5.74, 6) is 0.646. The molecule has 0 atom stereocenters. The monoisotopic (exact) mass is 331 g/mol. The van der Waals surface area contributed by atoms with E-state index in [1.54, 1.807) is 12.3 Å². The van der Waals surface area contributed by atoms with Crippen LogP contribution in [0.1, 0.15) is 18.4 Å². The molecule has 0 N–H and O–H groups in total. The van der Waals surface area contributed by atoms with E-state index < -0.39 is 4.92 Å². The lowest BCUT2D eigenvalue weighted by molar-refractivity contribution is -0.384. The maximum atomic E-state index is 10.8. The van der Waals surface area contributed by atoms with Crippen LogP contribution in [0.25, 0.3) is 0 Å². The van der Waals surface area contributed by atoms with Crippen molar-refractivity contribution >= 4 is 23.0 Å². The van der Waals surface area contributed by atoms with Crippen LogP contribution < -0.4 is 4.90 Å². The number of rotatable bonds is 4. The van der Waals surface area contributed by atoms with Gasteiger partial charge in [0.2, 0.25) is 0 Å². The molecule has 0 aliphatic carbocycles. The van der Waals surface area contributed by atoms with Crippen molar-refractivity contribution in [2.45, 2.75) is 19.3 Å². The lowest BCUT2D eigenvalue weighted by Crippen LogP contribution is -2.34. The fourth-order valence-corrected chi connectivity index (χ4v) is 3.39. The molecule has 0 radical (unpaired) electrons. The van der Waals surface area contributed by atoms with Gasteiger partial charge in [-0.25, -0.2) is 0 Å². The second-order valence-corrected chi connectivity index (χ2v) is 6.30. The van der Waals surface area contributed by atoms with Crippen LogP contribution in [0.5, 0.6) is 0 Å². The largest absolute Gasteiger partial charge is 0.370 e. The van der Waals surface area contributed by atoms with Crippen LogP contribution in [-0.2, 0) is 6.42 Å². The van der Waals surface area contributed by atoms with Crippen molar-refractivity contribution in [2.24, 2.45) is 5.92 Å². The Morgan fingerprint density at radius 2 is 2.09 bits per heavy atom. The number of nitrogens with zero attached hydrogens (tertiary/aromatic N) is 3. The zero-order chi connectivity index (χ0) is 16.2. The van der Waals surface area contributed by atoms with Gasteiger partial charge in [-0.05, 0) is 42.9 Å². The smallest absolute Gasteiger partial charge is 0.271 e. The highest BCUT2D eigenvalue weighted by atomic mass is 35.5. The van der Waals surface area contributed by atoms with Gasteiger partial charge < -0.3 is 4.90 Å². The minimum Gasteiger partial charge on any atom is -0.370 e. The molecule has 23 heavy (non-hydrogen) atoms. The molecule has 0 unspecified atom stereocenters. The zero-order valence-electron chi connectivity index (χ0n) is 12.7. The van der Waals surface area contributed by atoms with Gasteiger partial charge in [0.15, 0.2) is 0 Å². The number of hydrogen-bond donors (Lipinski definition) is 0. The standard InChI is InChI=1S/C17H18ClN3O2/c18-16-11-15(21(22)23)3-4-17(16)20-8-5-13(6-9-20)10-14-2-1-7-19-12-14/h1-4,7,11-13H,5-6,8-10H2. The molecule has 1 aromatic carbocycles. The number of hydrogen-bond acceptors (Lipinski definition) is 4. The number of pyridine rings is 1. The number of benzene rings is 1. The quantitative estimate of drug-likeness (QED) is 0.625. The average molecular weight is 332 g/mol. The van der Waals surface area contributed by atoms with E-state index >= 15 is 0 Å². The Morgan fingerprint density at radius 3 is 2.70 bits per heavy atom. The van der Waals surface area contributed by atoms with Crippen molar-refractivity contribution in [2.75, 3.05) is 18.0 Å². The summed E-state index contributed by atoms with van der Waals surface area (Å²) in [5.41, 5.74) is 2.20. The number of nitro benzene ring substituents is 1. The maximum absolute atomic E-state index is 10.8. The fraction of sp³-hybridized carbons (Fsp3) is 0.353. The molecule has 0 amide bonds. The molecule has 1 fully saturated rings. The van der Waals surface area contributed by atoms with Gasteiger partial charge in [0, 0.05) is 37.6 Å². The highest BCUT2D eigenvalue weighted by Crippen LogP contribution is 2.33. The van der Waals surface area contributed by atoms with Gasteiger partial charge in [-0.1, -0.05) is 17.7 Å². The lowest BCUT2D eigenvalue weighted by Gasteiger charge is -2.34. The van der Waals surface area contributed by atoms with Gasteiger partial charge >= 0.3 is 0 Å². The normalized spacial score (nSPS) is 15.6. The predicted octanol–water partition coefficient (Wildman–Crippen LogP) is 4.10. The number of aromatic nitrogens is 1. The summed E-state index contributed by atoms with van der Waals surface area (Å²) in [5, 5.41) is 11.2. The SMILES string of the molecule is O=[N+]([O-])c1ccc(N2CCC(Cc3cccnc3)CC2)c(Cl)c1. The van der Waals surface area contributed by atoms with Crippen LogP contribution in [0, 0.1) is 16.0 Å². The van der Waals surface area contributed by atoms with Gasteiger partial charge in [0.25, 0.3) is 5.69 Å². The minimum atomic E-state index is -0.421. The Bertz CT molecular complexity index is 685. The highest BCUT2D eigenvalue weighted by Gasteiger charge is 2.22. The molecule has 120 valence electrons. The van der Waals surface area contributed by atoms with E-state index in [1.807, 2.05) is 12.3 Å². The second-order valence-electron chi connectivity index (χ2n) is 5.89. The van der Waals surface area contributed by atoms with Crippen LogP contribution in [0.4, 0.5) is 11.4 Å². The zero-order valence-corrected chi connectivity index (χ0v) is 13.4. The van der Waals surface area contributed by atoms with E-state index in [0.717, 1.165) is 38.0 Å². The molecule has 0 bridgehead atoms. The minimum absolute atomic E-state index is 0.0326. The summed E-state index contributed by atoms with van der Waals surface area (Å²) in [6.07, 6.45) is 6.95. The van der Waals surface area contributed by atoms with Gasteiger partial charge in [-0.2, -0.15) is 0 Å². The van der Waals surface area contributed by atoms with Crippen LogP contribution in [0.2, 0.25) is 5.02 Å². The van der Waals surface area contributed by atoms with Gasteiger partial charge in [-0.3, -0.25) is 15.1 Å². The molecule has 6 heteroatoms. The van der Waals surface area contributed by atoms with E-state index in [9.17, 15) is 10.1 Å². The number of halogens is 1. The fourth-order valence-electron chi connectivity index (χ4n) is 3.10. The van der Waals surface area contributed by atoms with Crippen molar-refractivity contribution in [3.05, 3.63) is 63.4 Å². The van der Waals surface area contributed by atoms with E-state index in [-0.39, 0.29) is 5.69 Å². The summed E-state index contributed by atoms with van der Waals surface area (Å²) in [4.78, 5) is 16.7. The number of piperidine rings is 1. The topological polar surface area (TPSA) is 59.3 Å². The number of nitro groups is 1. The van der Waals surface area contributed by atoms with Gasteiger partial charge in [0.1, 0.15) is 0 Å². The molecule has 0 saturated carbocycles. The Kier molecular flexibility index (Phi) is 4.76. The lowest BCUT2D eigenvalue weighted by atomic mass is 9.90. The van der Waals surface area contributed by atoms with Crippen LogP contribution in [0.15, 0.2) is 42.7 Å². The van der Waals surface area contributed by atoms with Crippen molar-refractivity contribution in [1.29, 1.82) is 0 Å². The molecule has 2 aromatic rings. The van der Waals surface area contributed by atoms with Crippen LogP contribution >= 0.6 is 11.6 Å².